The van der Waals surface area contributed by atoms with Crippen molar-refractivity contribution in [1.82, 2.24) is 15.2 Å². The van der Waals surface area contributed by atoms with Gasteiger partial charge in [0.2, 0.25) is 0 Å². The fraction of sp³-hybridized carbons (Fsp3) is 0.133. The number of nitrogens with two attached hydrogens (primary N) is 1. The summed E-state index contributed by atoms with van der Waals surface area (Å²) < 4.78 is 0. The summed E-state index contributed by atoms with van der Waals surface area (Å²) in [7, 11) is 0. The van der Waals surface area contributed by atoms with E-state index in [0.717, 1.165) is 0 Å². The average Bonchev–Trinajstić information content (AvgIpc) is 3.04. The molecule has 1 unspecified atom stereocenters. The predicted octanol–water partition coefficient (Wildman–Crippen LogP) is 3.17. The number of anilines is 1. The molecule has 3 aromatic rings. The highest BCUT2D eigenvalue weighted by molar-refractivity contribution is 6.08. The Bertz CT molecular complexity index is 955. The fourth-order valence-corrected chi connectivity index (χ4v) is 2.36. The van der Waals surface area contributed by atoms with Gasteiger partial charge in [-0.25, -0.2) is 4.98 Å². The summed E-state index contributed by atoms with van der Waals surface area (Å²) >= 11 is 0. The number of azide groups is 1. The van der Waals surface area contributed by atoms with Crippen LogP contribution < -0.4 is 11.1 Å². The number of benzene rings is 1. The minimum atomic E-state index is -0.339. The highest BCUT2D eigenvalue weighted by Crippen LogP contribution is 2.27. The second kappa shape index (κ2) is 6.37. The second-order valence-electron chi connectivity index (χ2n) is 5.20. The Balaban J connectivity index is 1.94. The van der Waals surface area contributed by atoms with Crippen molar-refractivity contribution in [2.45, 2.75) is 13.0 Å². The van der Waals surface area contributed by atoms with Crippen LogP contribution in [0.25, 0.3) is 21.5 Å². The van der Waals surface area contributed by atoms with E-state index >= 15 is 0 Å². The Kier molecular flexibility index (Phi) is 4.11. The zero-order valence-electron chi connectivity index (χ0n) is 12.8. The molecule has 2 aromatic heterocycles. The van der Waals surface area contributed by atoms with Crippen molar-refractivity contribution in [3.8, 4) is 0 Å². The van der Waals surface area contributed by atoms with Gasteiger partial charge in [0.1, 0.15) is 0 Å². The molecule has 120 valence electrons. The SMILES string of the molecule is CC(N)c1ccc(C(=O)Nc2ccnc3[nH]ncc23)cc1N=[N+]=[N-]. The highest BCUT2D eigenvalue weighted by Gasteiger charge is 2.13. The summed E-state index contributed by atoms with van der Waals surface area (Å²) in [6.45, 7) is 1.78. The predicted molar refractivity (Wildman–Crippen MR) is 89.7 cm³/mol. The molecule has 9 nitrogen and oxygen atoms in total. The van der Waals surface area contributed by atoms with Gasteiger partial charge in [-0.05, 0) is 36.2 Å². The average molecular weight is 322 g/mol. The second-order valence-corrected chi connectivity index (χ2v) is 5.20. The first kappa shape index (κ1) is 15.5. The first-order valence-corrected chi connectivity index (χ1v) is 7.14. The Morgan fingerprint density at radius 2 is 2.29 bits per heavy atom. The Morgan fingerprint density at radius 3 is 3.04 bits per heavy atom. The smallest absolute Gasteiger partial charge is 0.255 e. The van der Waals surface area contributed by atoms with Crippen molar-refractivity contribution in [2.75, 3.05) is 5.32 Å². The van der Waals surface area contributed by atoms with E-state index in [9.17, 15) is 4.79 Å². The molecule has 0 bridgehead atoms. The molecule has 1 amide bonds. The third kappa shape index (κ3) is 2.89. The number of pyridine rings is 1. The number of aromatic nitrogens is 3. The van der Waals surface area contributed by atoms with Crippen molar-refractivity contribution < 1.29 is 4.79 Å². The Labute approximate surface area is 136 Å². The molecule has 1 atom stereocenters. The summed E-state index contributed by atoms with van der Waals surface area (Å²) in [4.78, 5) is 19.4. The lowest BCUT2D eigenvalue weighted by Crippen LogP contribution is -2.13. The molecule has 0 radical (unpaired) electrons. The Morgan fingerprint density at radius 1 is 1.46 bits per heavy atom. The van der Waals surface area contributed by atoms with Crippen LogP contribution in [0, 0.1) is 0 Å². The maximum absolute atomic E-state index is 12.5. The Hall–Kier alpha value is -3.42. The van der Waals surface area contributed by atoms with Gasteiger partial charge < -0.3 is 11.1 Å². The van der Waals surface area contributed by atoms with Crippen LogP contribution >= 0.6 is 0 Å². The van der Waals surface area contributed by atoms with Crippen molar-refractivity contribution in [2.24, 2.45) is 10.8 Å². The van der Waals surface area contributed by atoms with Crippen LogP contribution in [0.5, 0.6) is 0 Å². The molecule has 9 heteroatoms. The van der Waals surface area contributed by atoms with Crippen molar-refractivity contribution in [1.29, 1.82) is 0 Å². The standard InChI is InChI=1S/C15H14N8O/c1-8(16)10-3-2-9(6-13(10)21-23-17)15(24)20-12-4-5-18-14-11(12)7-19-22-14/h2-8H,16H2,1H3,(H2,18,19,20,22,24). The molecular weight excluding hydrogens is 308 g/mol. The van der Waals surface area contributed by atoms with Gasteiger partial charge in [-0.2, -0.15) is 5.10 Å². The molecule has 3 rings (SSSR count). The van der Waals surface area contributed by atoms with E-state index in [1.54, 1.807) is 37.5 Å². The third-order valence-electron chi connectivity index (χ3n) is 3.54. The summed E-state index contributed by atoms with van der Waals surface area (Å²) in [5.74, 6) is -0.339. The van der Waals surface area contributed by atoms with Crippen LogP contribution in [0.3, 0.4) is 0 Å². The zero-order chi connectivity index (χ0) is 17.1. The largest absolute Gasteiger partial charge is 0.324 e. The number of nitrogens with zero attached hydrogens (tertiary/aromatic N) is 5. The molecule has 2 heterocycles. The zero-order valence-corrected chi connectivity index (χ0v) is 12.8. The third-order valence-corrected chi connectivity index (χ3v) is 3.54. The van der Waals surface area contributed by atoms with Gasteiger partial charge in [-0.3, -0.25) is 9.89 Å². The van der Waals surface area contributed by atoms with Gasteiger partial charge in [0.25, 0.3) is 5.91 Å². The molecule has 0 fully saturated rings. The summed E-state index contributed by atoms with van der Waals surface area (Å²) in [5, 5.41) is 13.8. The summed E-state index contributed by atoms with van der Waals surface area (Å²) in [5.41, 5.74) is 17.1. The highest BCUT2D eigenvalue weighted by atomic mass is 16.1. The van der Waals surface area contributed by atoms with E-state index < -0.39 is 0 Å². The fourth-order valence-electron chi connectivity index (χ4n) is 2.36. The molecule has 1 aromatic carbocycles. The quantitative estimate of drug-likeness (QED) is 0.384. The van der Waals surface area contributed by atoms with E-state index in [0.29, 0.717) is 33.5 Å². The van der Waals surface area contributed by atoms with E-state index in [-0.39, 0.29) is 11.9 Å². The normalized spacial score (nSPS) is 11.8. The number of fused-ring (bicyclic) bond motifs is 1. The van der Waals surface area contributed by atoms with Crippen LogP contribution in [0.1, 0.15) is 28.9 Å². The number of rotatable bonds is 4. The number of hydrogen-bond donors (Lipinski definition) is 3. The van der Waals surface area contributed by atoms with Gasteiger partial charge in [0.05, 0.1) is 17.3 Å². The lowest BCUT2D eigenvalue weighted by atomic mass is 10.0. The molecule has 0 saturated heterocycles. The number of H-pyrrole nitrogens is 1. The van der Waals surface area contributed by atoms with Crippen LogP contribution in [0.4, 0.5) is 11.4 Å². The number of carbonyl (C=O) groups excluding carboxylic acids is 1. The van der Waals surface area contributed by atoms with E-state index in [1.807, 2.05) is 0 Å². The first-order valence-electron chi connectivity index (χ1n) is 7.14. The number of carbonyl (C=O) groups is 1. The molecule has 0 aliphatic heterocycles. The van der Waals surface area contributed by atoms with Gasteiger partial charge in [0.15, 0.2) is 5.65 Å². The van der Waals surface area contributed by atoms with Crippen molar-refractivity contribution >= 4 is 28.3 Å². The molecule has 0 spiro atoms. The van der Waals surface area contributed by atoms with Crippen LogP contribution in [0.15, 0.2) is 41.8 Å². The number of amides is 1. The van der Waals surface area contributed by atoms with Gasteiger partial charge in [0, 0.05) is 28.4 Å². The van der Waals surface area contributed by atoms with E-state index in [2.05, 4.69) is 30.5 Å². The molecular formula is C15H14N8O. The van der Waals surface area contributed by atoms with Crippen molar-refractivity contribution in [3.63, 3.8) is 0 Å². The molecule has 0 saturated carbocycles. The van der Waals surface area contributed by atoms with Crippen LogP contribution in [0.2, 0.25) is 0 Å². The van der Waals surface area contributed by atoms with Gasteiger partial charge in [-0.1, -0.05) is 11.2 Å². The lowest BCUT2D eigenvalue weighted by Gasteiger charge is -2.11. The van der Waals surface area contributed by atoms with Gasteiger partial charge in [-0.15, -0.1) is 0 Å². The van der Waals surface area contributed by atoms with Crippen LogP contribution in [-0.2, 0) is 0 Å². The van der Waals surface area contributed by atoms with Gasteiger partial charge >= 0.3 is 0 Å². The maximum atomic E-state index is 12.5. The molecule has 0 aliphatic carbocycles. The molecule has 24 heavy (non-hydrogen) atoms. The maximum Gasteiger partial charge on any atom is 0.255 e. The summed E-state index contributed by atoms with van der Waals surface area (Å²) in [6.07, 6.45) is 3.16. The number of hydrogen-bond acceptors (Lipinski definition) is 5. The van der Waals surface area contributed by atoms with E-state index in [1.165, 1.54) is 6.07 Å². The van der Waals surface area contributed by atoms with Crippen LogP contribution in [-0.4, -0.2) is 21.1 Å². The minimum Gasteiger partial charge on any atom is -0.324 e. The number of nitrogens with one attached hydrogen (secondary N) is 2. The summed E-state index contributed by atoms with van der Waals surface area (Å²) in [6, 6.07) is 6.21. The topological polar surface area (TPSA) is 145 Å². The molecule has 4 N–H and O–H groups in total. The monoisotopic (exact) mass is 322 g/mol. The first-order chi connectivity index (χ1) is 11.6. The lowest BCUT2D eigenvalue weighted by molar-refractivity contribution is 0.102. The van der Waals surface area contributed by atoms with E-state index in [4.69, 9.17) is 11.3 Å². The minimum absolute atomic E-state index is 0.312. The number of aromatic amines is 1. The molecule has 0 aliphatic rings. The van der Waals surface area contributed by atoms with Crippen molar-refractivity contribution in [3.05, 3.63) is 58.2 Å².